The topological polar surface area (TPSA) is 63.4 Å². The molecule has 0 atom stereocenters. The highest BCUT2D eigenvalue weighted by atomic mass is 32.2. The van der Waals surface area contributed by atoms with Crippen LogP contribution in [0.4, 0.5) is 5.88 Å². The van der Waals surface area contributed by atoms with E-state index in [1.807, 2.05) is 25.7 Å². The van der Waals surface area contributed by atoms with Crippen LogP contribution >= 0.6 is 0 Å². The lowest BCUT2D eigenvalue weighted by atomic mass is 9.97. The first-order valence-corrected chi connectivity index (χ1v) is 10.2. The van der Waals surface area contributed by atoms with E-state index in [9.17, 15) is 8.42 Å². The second kappa shape index (κ2) is 6.48. The zero-order valence-electron chi connectivity index (χ0n) is 15.3. The molecule has 5 nitrogen and oxygen atoms in total. The minimum Gasteiger partial charge on any atom is -0.423 e. The Balaban J connectivity index is 2.10. The molecule has 25 heavy (non-hydrogen) atoms. The normalized spacial score (nSPS) is 17.0. The summed E-state index contributed by atoms with van der Waals surface area (Å²) < 4.78 is 32.3. The van der Waals surface area contributed by atoms with E-state index < -0.39 is 9.84 Å². The van der Waals surface area contributed by atoms with Crippen LogP contribution in [0.3, 0.4) is 0 Å². The van der Waals surface area contributed by atoms with E-state index >= 15 is 0 Å². The number of nitrogens with zero attached hydrogens (tertiary/aromatic N) is 2. The molecule has 1 aliphatic rings. The van der Waals surface area contributed by atoms with Crippen molar-refractivity contribution in [2.75, 3.05) is 18.0 Å². The molecular formula is C19H26N2O3S. The van der Waals surface area contributed by atoms with Gasteiger partial charge in [-0.2, -0.15) is 4.98 Å². The summed E-state index contributed by atoms with van der Waals surface area (Å²) >= 11 is 0. The van der Waals surface area contributed by atoms with E-state index in [2.05, 4.69) is 11.9 Å². The summed E-state index contributed by atoms with van der Waals surface area (Å²) in [6.07, 6.45) is 2.05. The molecule has 2 aromatic rings. The molecule has 0 spiro atoms. The maximum Gasteiger partial charge on any atom is 0.236 e. The van der Waals surface area contributed by atoms with Crippen LogP contribution in [0.15, 0.2) is 44.7 Å². The van der Waals surface area contributed by atoms with E-state index in [-0.39, 0.29) is 15.3 Å². The highest BCUT2D eigenvalue weighted by Gasteiger charge is 2.34. The molecule has 1 aliphatic heterocycles. The summed E-state index contributed by atoms with van der Waals surface area (Å²) in [4.78, 5) is 6.70. The number of rotatable bonds is 3. The largest absolute Gasteiger partial charge is 0.423 e. The summed E-state index contributed by atoms with van der Waals surface area (Å²) in [5.74, 6) is 1.49. The van der Waals surface area contributed by atoms with Crippen molar-refractivity contribution in [1.82, 2.24) is 4.98 Å². The number of hydrogen-bond acceptors (Lipinski definition) is 5. The second-order valence-electron chi connectivity index (χ2n) is 7.87. The number of hydrogen-bond donors (Lipinski definition) is 0. The third kappa shape index (κ3) is 3.59. The van der Waals surface area contributed by atoms with E-state index in [0.717, 1.165) is 25.9 Å². The number of sulfone groups is 1. The molecule has 0 saturated carbocycles. The smallest absolute Gasteiger partial charge is 0.236 e. The Hall–Kier alpha value is -1.82. The Morgan fingerprint density at radius 1 is 1.12 bits per heavy atom. The Kier molecular flexibility index (Phi) is 4.66. The number of oxazole rings is 1. The first-order valence-electron chi connectivity index (χ1n) is 8.76. The molecule has 1 saturated heterocycles. The first kappa shape index (κ1) is 18.0. The molecule has 136 valence electrons. The molecule has 0 N–H and O–H groups in total. The van der Waals surface area contributed by atoms with Crippen LogP contribution in [-0.2, 0) is 15.3 Å². The van der Waals surface area contributed by atoms with Gasteiger partial charge in [-0.25, -0.2) is 8.42 Å². The SMILES string of the molecule is CC1CCN(c2oc(C(C)(C)C)nc2S(=O)(=O)c2ccccc2)CC1. The minimum absolute atomic E-state index is 0.0400. The fraction of sp³-hybridized carbons (Fsp3) is 0.526. The molecule has 0 amide bonds. The Morgan fingerprint density at radius 2 is 1.72 bits per heavy atom. The van der Waals surface area contributed by atoms with Crippen molar-refractivity contribution in [3.8, 4) is 0 Å². The Labute approximate surface area is 150 Å². The quantitative estimate of drug-likeness (QED) is 0.824. The summed E-state index contributed by atoms with van der Waals surface area (Å²) in [5.41, 5.74) is -0.359. The number of anilines is 1. The van der Waals surface area contributed by atoms with Crippen molar-refractivity contribution in [1.29, 1.82) is 0 Å². The molecule has 0 bridgehead atoms. The van der Waals surface area contributed by atoms with Gasteiger partial charge in [0, 0.05) is 18.5 Å². The maximum atomic E-state index is 13.2. The van der Waals surface area contributed by atoms with Crippen molar-refractivity contribution in [3.05, 3.63) is 36.2 Å². The average Bonchev–Trinajstić information content (AvgIpc) is 3.03. The van der Waals surface area contributed by atoms with Crippen molar-refractivity contribution in [2.45, 2.75) is 55.9 Å². The molecular weight excluding hydrogens is 336 g/mol. The fourth-order valence-electron chi connectivity index (χ4n) is 2.92. The minimum atomic E-state index is -3.72. The highest BCUT2D eigenvalue weighted by molar-refractivity contribution is 7.91. The molecule has 0 unspecified atom stereocenters. The second-order valence-corrected chi connectivity index (χ2v) is 9.73. The molecule has 1 aromatic heterocycles. The van der Waals surface area contributed by atoms with E-state index in [4.69, 9.17) is 4.42 Å². The van der Waals surface area contributed by atoms with Gasteiger partial charge in [0.05, 0.1) is 4.90 Å². The van der Waals surface area contributed by atoms with Gasteiger partial charge in [-0.3, -0.25) is 0 Å². The number of piperidine rings is 1. The zero-order valence-corrected chi connectivity index (χ0v) is 16.1. The summed E-state index contributed by atoms with van der Waals surface area (Å²) in [5, 5.41) is 0.0400. The monoisotopic (exact) mass is 362 g/mol. The predicted molar refractivity (Wildman–Crippen MR) is 97.7 cm³/mol. The molecule has 0 radical (unpaired) electrons. The third-order valence-corrected chi connectivity index (χ3v) is 6.27. The van der Waals surface area contributed by atoms with Crippen LogP contribution in [0.5, 0.6) is 0 Å². The standard InChI is InChI=1S/C19H26N2O3S/c1-14-10-12-21(13-11-14)17-16(20-18(24-17)19(2,3)4)25(22,23)15-8-6-5-7-9-15/h5-9,14H,10-13H2,1-4H3. The van der Waals surface area contributed by atoms with Gasteiger partial charge in [0.25, 0.3) is 0 Å². The molecule has 3 rings (SSSR count). The fourth-order valence-corrected chi connectivity index (χ4v) is 4.26. The first-order chi connectivity index (χ1) is 11.7. The number of benzene rings is 1. The van der Waals surface area contributed by atoms with Crippen LogP contribution in [0.1, 0.15) is 46.4 Å². The van der Waals surface area contributed by atoms with Gasteiger partial charge in [0.15, 0.2) is 0 Å². The van der Waals surface area contributed by atoms with E-state index in [1.165, 1.54) is 0 Å². The van der Waals surface area contributed by atoms with Gasteiger partial charge in [0.1, 0.15) is 0 Å². The summed E-state index contributed by atoms with van der Waals surface area (Å²) in [6, 6.07) is 8.45. The number of aromatic nitrogens is 1. The van der Waals surface area contributed by atoms with Crippen LogP contribution < -0.4 is 4.90 Å². The van der Waals surface area contributed by atoms with Gasteiger partial charge in [-0.05, 0) is 30.9 Å². The van der Waals surface area contributed by atoms with Gasteiger partial charge in [0.2, 0.25) is 26.6 Å². The van der Waals surface area contributed by atoms with Crippen LogP contribution in [0.25, 0.3) is 0 Å². The van der Waals surface area contributed by atoms with Crippen LogP contribution in [0, 0.1) is 5.92 Å². The Bertz CT molecular complexity index is 827. The molecule has 6 heteroatoms. The highest BCUT2D eigenvalue weighted by Crippen LogP contribution is 2.36. The zero-order chi connectivity index (χ0) is 18.2. The van der Waals surface area contributed by atoms with Gasteiger partial charge in [-0.15, -0.1) is 0 Å². The van der Waals surface area contributed by atoms with E-state index in [0.29, 0.717) is 17.7 Å². The molecule has 1 aromatic carbocycles. The lowest BCUT2D eigenvalue weighted by Gasteiger charge is -2.30. The lowest BCUT2D eigenvalue weighted by Crippen LogP contribution is -2.33. The van der Waals surface area contributed by atoms with E-state index in [1.54, 1.807) is 30.3 Å². The molecule has 2 heterocycles. The van der Waals surface area contributed by atoms with Crippen LogP contribution in [0.2, 0.25) is 0 Å². The maximum absolute atomic E-state index is 13.2. The molecule has 1 fully saturated rings. The van der Waals surface area contributed by atoms with Crippen molar-refractivity contribution in [3.63, 3.8) is 0 Å². The van der Waals surface area contributed by atoms with Crippen molar-refractivity contribution >= 4 is 15.7 Å². The van der Waals surface area contributed by atoms with Crippen LogP contribution in [-0.4, -0.2) is 26.5 Å². The Morgan fingerprint density at radius 3 is 2.28 bits per heavy atom. The van der Waals surface area contributed by atoms with Gasteiger partial charge in [-0.1, -0.05) is 45.9 Å². The average molecular weight is 362 g/mol. The summed E-state index contributed by atoms with van der Waals surface area (Å²) in [7, 11) is -3.72. The van der Waals surface area contributed by atoms with Gasteiger partial charge < -0.3 is 9.32 Å². The summed E-state index contributed by atoms with van der Waals surface area (Å²) in [6.45, 7) is 9.72. The third-order valence-electron chi connectivity index (χ3n) is 4.60. The van der Waals surface area contributed by atoms with Crippen molar-refractivity contribution < 1.29 is 12.8 Å². The lowest BCUT2D eigenvalue weighted by molar-refractivity contribution is 0.372. The van der Waals surface area contributed by atoms with Gasteiger partial charge >= 0.3 is 0 Å². The van der Waals surface area contributed by atoms with Crippen molar-refractivity contribution in [2.24, 2.45) is 5.92 Å². The predicted octanol–water partition coefficient (Wildman–Crippen LogP) is 4.04. The molecule has 0 aliphatic carbocycles.